The standard InChI is InChI=1S/C22H34O2/c1-4-15-6-8-18-17-7-5-16-13-14(20(23)24)9-11-22(16,3)19(17)10-12-21(15,18)2/h9,11,14-19H,4-8,10,12-13H2,1-3H3,(H,23,24)/t14?,15-,16?,17-,18-,19-,21+,22-/m0/s1. The first kappa shape index (κ1) is 16.7. The van der Waals surface area contributed by atoms with Gasteiger partial charge in [-0.2, -0.15) is 0 Å². The van der Waals surface area contributed by atoms with Gasteiger partial charge in [0.1, 0.15) is 0 Å². The first-order valence-electron chi connectivity index (χ1n) is 10.3. The lowest BCUT2D eigenvalue weighted by Crippen LogP contribution is -2.52. The number of hydrogen-bond acceptors (Lipinski definition) is 1. The minimum Gasteiger partial charge on any atom is -0.481 e. The third kappa shape index (κ3) is 2.17. The van der Waals surface area contributed by atoms with Crippen molar-refractivity contribution in [1.82, 2.24) is 0 Å². The molecule has 0 heterocycles. The Labute approximate surface area is 147 Å². The summed E-state index contributed by atoms with van der Waals surface area (Å²) < 4.78 is 0. The van der Waals surface area contributed by atoms with Crippen LogP contribution in [0.15, 0.2) is 12.2 Å². The maximum absolute atomic E-state index is 11.4. The van der Waals surface area contributed by atoms with E-state index in [1.165, 1.54) is 44.9 Å². The van der Waals surface area contributed by atoms with Gasteiger partial charge in [0.05, 0.1) is 5.92 Å². The molecule has 2 unspecified atom stereocenters. The Morgan fingerprint density at radius 2 is 1.92 bits per heavy atom. The van der Waals surface area contributed by atoms with Crippen molar-refractivity contribution in [1.29, 1.82) is 0 Å². The maximum Gasteiger partial charge on any atom is 0.310 e. The van der Waals surface area contributed by atoms with Crippen molar-refractivity contribution in [3.05, 3.63) is 12.2 Å². The molecule has 0 spiro atoms. The zero-order valence-corrected chi connectivity index (χ0v) is 15.6. The number of carboxylic acids is 1. The molecule has 0 amide bonds. The van der Waals surface area contributed by atoms with E-state index < -0.39 is 5.97 Å². The van der Waals surface area contributed by atoms with E-state index in [2.05, 4.69) is 26.8 Å². The van der Waals surface area contributed by atoms with E-state index in [-0.39, 0.29) is 11.3 Å². The van der Waals surface area contributed by atoms with Crippen molar-refractivity contribution in [3.8, 4) is 0 Å². The van der Waals surface area contributed by atoms with Crippen LogP contribution >= 0.6 is 0 Å². The van der Waals surface area contributed by atoms with Crippen LogP contribution < -0.4 is 0 Å². The molecule has 0 aromatic carbocycles. The second kappa shape index (κ2) is 5.61. The summed E-state index contributed by atoms with van der Waals surface area (Å²) in [5, 5.41) is 9.41. The van der Waals surface area contributed by atoms with E-state index in [4.69, 9.17) is 0 Å². The van der Waals surface area contributed by atoms with E-state index in [9.17, 15) is 9.90 Å². The molecule has 4 aliphatic rings. The largest absolute Gasteiger partial charge is 0.481 e. The summed E-state index contributed by atoms with van der Waals surface area (Å²) in [6.45, 7) is 7.44. The smallest absolute Gasteiger partial charge is 0.310 e. The zero-order chi connectivity index (χ0) is 17.1. The molecule has 1 N–H and O–H groups in total. The molecule has 0 aliphatic heterocycles. The highest BCUT2D eigenvalue weighted by atomic mass is 16.4. The highest BCUT2D eigenvalue weighted by Gasteiger charge is 2.59. The molecule has 0 bridgehead atoms. The lowest BCUT2D eigenvalue weighted by molar-refractivity contribution is -0.142. The van der Waals surface area contributed by atoms with Gasteiger partial charge in [0, 0.05) is 0 Å². The van der Waals surface area contributed by atoms with Crippen LogP contribution in [0.2, 0.25) is 0 Å². The fourth-order valence-electron chi connectivity index (χ4n) is 7.77. The van der Waals surface area contributed by atoms with E-state index in [0.717, 1.165) is 30.1 Å². The third-order valence-electron chi connectivity index (χ3n) is 9.20. The van der Waals surface area contributed by atoms with E-state index in [1.807, 2.05) is 6.08 Å². The van der Waals surface area contributed by atoms with Gasteiger partial charge < -0.3 is 5.11 Å². The molecule has 0 radical (unpaired) electrons. The fraction of sp³-hybridized carbons (Fsp3) is 0.864. The van der Waals surface area contributed by atoms with Crippen LogP contribution in [0.4, 0.5) is 0 Å². The molecular formula is C22H34O2. The van der Waals surface area contributed by atoms with Gasteiger partial charge in [0.25, 0.3) is 0 Å². The Morgan fingerprint density at radius 1 is 1.12 bits per heavy atom. The molecule has 0 aromatic heterocycles. The van der Waals surface area contributed by atoms with Gasteiger partial charge in [-0.1, -0.05) is 39.3 Å². The number of carboxylic acid groups (broad SMARTS) is 1. The molecule has 4 aliphatic carbocycles. The summed E-state index contributed by atoms with van der Waals surface area (Å²) in [6, 6.07) is 0. The van der Waals surface area contributed by atoms with Gasteiger partial charge in [0.2, 0.25) is 0 Å². The quantitative estimate of drug-likeness (QED) is 0.676. The van der Waals surface area contributed by atoms with Crippen molar-refractivity contribution in [2.75, 3.05) is 0 Å². The van der Waals surface area contributed by atoms with Gasteiger partial charge in [-0.05, 0) is 85.4 Å². The second-order valence-electron chi connectivity index (χ2n) is 9.78. The van der Waals surface area contributed by atoms with Gasteiger partial charge in [-0.15, -0.1) is 0 Å². The molecule has 3 saturated carbocycles. The van der Waals surface area contributed by atoms with Crippen LogP contribution in [0, 0.1) is 46.3 Å². The van der Waals surface area contributed by atoms with E-state index in [0.29, 0.717) is 11.3 Å². The minimum absolute atomic E-state index is 0.246. The van der Waals surface area contributed by atoms with E-state index >= 15 is 0 Å². The van der Waals surface area contributed by atoms with Crippen LogP contribution in [0.25, 0.3) is 0 Å². The number of allylic oxidation sites excluding steroid dienone is 1. The second-order valence-corrected chi connectivity index (χ2v) is 9.78. The average molecular weight is 331 g/mol. The molecule has 2 heteroatoms. The summed E-state index contributed by atoms with van der Waals surface area (Å²) >= 11 is 0. The monoisotopic (exact) mass is 330 g/mol. The highest BCUT2D eigenvalue weighted by molar-refractivity contribution is 5.72. The molecule has 0 saturated heterocycles. The van der Waals surface area contributed by atoms with Crippen LogP contribution in [0.1, 0.15) is 72.1 Å². The normalized spacial score (nSPS) is 53.1. The number of rotatable bonds is 2. The van der Waals surface area contributed by atoms with Crippen molar-refractivity contribution >= 4 is 5.97 Å². The molecule has 4 rings (SSSR count). The molecule has 2 nitrogen and oxygen atoms in total. The van der Waals surface area contributed by atoms with Crippen LogP contribution in [0.5, 0.6) is 0 Å². The first-order valence-corrected chi connectivity index (χ1v) is 10.3. The predicted molar refractivity (Wildman–Crippen MR) is 96.5 cm³/mol. The Balaban J connectivity index is 1.62. The zero-order valence-electron chi connectivity index (χ0n) is 15.6. The molecule has 134 valence electrons. The Hall–Kier alpha value is -0.790. The molecule has 3 fully saturated rings. The third-order valence-corrected chi connectivity index (χ3v) is 9.20. The average Bonchev–Trinajstić information content (AvgIpc) is 2.90. The SMILES string of the molecule is CC[C@H]1CC[C@H]2[C@@H]3CCC4CC(C(=O)O)C=C[C@]4(C)[C@H]3CC[C@]12C. The Kier molecular flexibility index (Phi) is 3.89. The molecule has 0 aromatic rings. The summed E-state index contributed by atoms with van der Waals surface area (Å²) in [6.07, 6.45) is 14.8. The summed E-state index contributed by atoms with van der Waals surface area (Å²) in [4.78, 5) is 11.4. The number of hydrogen-bond donors (Lipinski definition) is 1. The number of aliphatic carboxylic acids is 1. The topological polar surface area (TPSA) is 37.3 Å². The van der Waals surface area contributed by atoms with Crippen LogP contribution in [-0.4, -0.2) is 11.1 Å². The van der Waals surface area contributed by atoms with Gasteiger partial charge >= 0.3 is 5.97 Å². The fourth-order valence-corrected chi connectivity index (χ4v) is 7.77. The minimum atomic E-state index is -0.631. The maximum atomic E-state index is 11.4. The lowest BCUT2D eigenvalue weighted by atomic mass is 9.45. The molecule has 24 heavy (non-hydrogen) atoms. The molecule has 8 atom stereocenters. The van der Waals surface area contributed by atoms with Gasteiger partial charge in [-0.3, -0.25) is 4.79 Å². The van der Waals surface area contributed by atoms with Crippen molar-refractivity contribution in [2.45, 2.75) is 72.1 Å². The number of carbonyl (C=O) groups is 1. The van der Waals surface area contributed by atoms with Crippen LogP contribution in [-0.2, 0) is 4.79 Å². The molecular weight excluding hydrogens is 296 g/mol. The lowest BCUT2D eigenvalue weighted by Gasteiger charge is -2.59. The summed E-state index contributed by atoms with van der Waals surface area (Å²) in [5.74, 6) is 3.23. The van der Waals surface area contributed by atoms with Crippen molar-refractivity contribution < 1.29 is 9.90 Å². The first-order chi connectivity index (χ1) is 11.4. The van der Waals surface area contributed by atoms with Gasteiger partial charge in [-0.25, -0.2) is 0 Å². The van der Waals surface area contributed by atoms with Gasteiger partial charge in [0.15, 0.2) is 0 Å². The van der Waals surface area contributed by atoms with Crippen LogP contribution in [0.3, 0.4) is 0 Å². The van der Waals surface area contributed by atoms with Crippen molar-refractivity contribution in [2.24, 2.45) is 46.3 Å². The highest BCUT2D eigenvalue weighted by Crippen LogP contribution is 2.67. The predicted octanol–water partition coefficient (Wildman–Crippen LogP) is 5.53. The summed E-state index contributed by atoms with van der Waals surface area (Å²) in [7, 11) is 0. The number of fused-ring (bicyclic) bond motifs is 5. The summed E-state index contributed by atoms with van der Waals surface area (Å²) in [5.41, 5.74) is 0.835. The van der Waals surface area contributed by atoms with E-state index in [1.54, 1.807) is 0 Å². The Morgan fingerprint density at radius 3 is 2.62 bits per heavy atom. The Bertz CT molecular complexity index is 552. The van der Waals surface area contributed by atoms with Crippen molar-refractivity contribution in [3.63, 3.8) is 0 Å².